The van der Waals surface area contributed by atoms with Crippen LogP contribution in [0.25, 0.3) is 0 Å². The van der Waals surface area contributed by atoms with Gasteiger partial charge in [-0.05, 0) is 48.0 Å². The van der Waals surface area contributed by atoms with E-state index in [0.29, 0.717) is 25.8 Å². The number of piperidine rings is 1. The monoisotopic (exact) mass is 312 g/mol. The summed E-state index contributed by atoms with van der Waals surface area (Å²) in [6.07, 6.45) is 1.41. The van der Waals surface area contributed by atoms with E-state index in [1.165, 1.54) is 0 Å². The summed E-state index contributed by atoms with van der Waals surface area (Å²) in [6, 6.07) is 0. The SMILES string of the molecule is CCC(O)CN1C(=O)C2(CC(C)(C)NC(C)(C)C2)OC1(C)C. The average molecular weight is 312 g/mol. The number of hydrogen-bond acceptors (Lipinski definition) is 4. The number of aliphatic hydroxyl groups is 1. The second-order valence-electron chi connectivity index (χ2n) is 8.77. The van der Waals surface area contributed by atoms with Gasteiger partial charge in [0.15, 0.2) is 5.60 Å². The number of nitrogens with one attached hydrogen (secondary N) is 1. The molecule has 1 unspecified atom stereocenters. The molecule has 2 aliphatic rings. The second-order valence-corrected chi connectivity index (χ2v) is 8.77. The third kappa shape index (κ3) is 3.17. The molecule has 0 saturated carbocycles. The number of carbonyl (C=O) groups excluding carboxylic acids is 1. The predicted octanol–water partition coefficient (Wildman–Crippen LogP) is 2.03. The number of hydrogen-bond donors (Lipinski definition) is 2. The van der Waals surface area contributed by atoms with Gasteiger partial charge in [-0.15, -0.1) is 0 Å². The molecule has 128 valence electrons. The minimum Gasteiger partial charge on any atom is -0.391 e. The normalized spacial score (nSPS) is 29.8. The van der Waals surface area contributed by atoms with Gasteiger partial charge < -0.3 is 20.1 Å². The predicted molar refractivity (Wildman–Crippen MR) is 86.4 cm³/mol. The van der Waals surface area contributed by atoms with Crippen LogP contribution < -0.4 is 5.32 Å². The lowest BCUT2D eigenvalue weighted by atomic mass is 9.72. The summed E-state index contributed by atoms with van der Waals surface area (Å²) in [5, 5.41) is 13.6. The molecule has 0 bridgehead atoms. The molecule has 5 nitrogen and oxygen atoms in total. The van der Waals surface area contributed by atoms with E-state index in [0.717, 1.165) is 0 Å². The third-order valence-electron chi connectivity index (χ3n) is 4.73. The Labute approximate surface area is 134 Å². The fourth-order valence-electron chi connectivity index (χ4n) is 4.43. The van der Waals surface area contributed by atoms with Gasteiger partial charge >= 0.3 is 0 Å². The summed E-state index contributed by atoms with van der Waals surface area (Å²) in [5.74, 6) is 0.0210. The van der Waals surface area contributed by atoms with Crippen LogP contribution >= 0.6 is 0 Å². The molecule has 1 atom stereocenters. The lowest BCUT2D eigenvalue weighted by Crippen LogP contribution is -2.65. The van der Waals surface area contributed by atoms with Crippen LogP contribution in [0, 0.1) is 0 Å². The van der Waals surface area contributed by atoms with E-state index in [4.69, 9.17) is 4.74 Å². The molecule has 0 aromatic heterocycles. The molecule has 2 aliphatic heterocycles. The molecule has 1 spiro atoms. The fourth-order valence-corrected chi connectivity index (χ4v) is 4.43. The lowest BCUT2D eigenvalue weighted by molar-refractivity contribution is -0.158. The molecule has 22 heavy (non-hydrogen) atoms. The largest absolute Gasteiger partial charge is 0.391 e. The highest BCUT2D eigenvalue weighted by atomic mass is 16.6. The maximum atomic E-state index is 13.2. The highest BCUT2D eigenvalue weighted by Gasteiger charge is 2.62. The summed E-state index contributed by atoms with van der Waals surface area (Å²) in [6.45, 7) is 14.6. The zero-order valence-corrected chi connectivity index (χ0v) is 15.1. The van der Waals surface area contributed by atoms with Gasteiger partial charge in [-0.1, -0.05) is 6.92 Å². The van der Waals surface area contributed by atoms with Crippen LogP contribution in [0.1, 0.15) is 67.7 Å². The zero-order valence-electron chi connectivity index (χ0n) is 15.1. The molecule has 0 radical (unpaired) electrons. The highest BCUT2D eigenvalue weighted by Crippen LogP contribution is 2.47. The van der Waals surface area contributed by atoms with Crippen LogP contribution in [0.15, 0.2) is 0 Å². The van der Waals surface area contributed by atoms with Crippen LogP contribution in [0.5, 0.6) is 0 Å². The van der Waals surface area contributed by atoms with Crippen molar-refractivity contribution in [2.24, 2.45) is 0 Å². The van der Waals surface area contributed by atoms with Crippen LogP contribution in [-0.4, -0.2) is 51.0 Å². The first kappa shape index (κ1) is 17.7. The van der Waals surface area contributed by atoms with Crippen LogP contribution in [0.3, 0.4) is 0 Å². The Hall–Kier alpha value is -0.650. The van der Waals surface area contributed by atoms with E-state index in [1.54, 1.807) is 4.90 Å². The molecule has 2 heterocycles. The van der Waals surface area contributed by atoms with Crippen molar-refractivity contribution in [1.82, 2.24) is 10.2 Å². The van der Waals surface area contributed by atoms with Gasteiger partial charge in [-0.2, -0.15) is 0 Å². The van der Waals surface area contributed by atoms with Crippen molar-refractivity contribution in [2.45, 2.75) is 96.2 Å². The average Bonchev–Trinajstić information content (AvgIpc) is 2.44. The van der Waals surface area contributed by atoms with Gasteiger partial charge in [-0.3, -0.25) is 4.79 Å². The molecule has 2 fully saturated rings. The number of rotatable bonds is 3. The summed E-state index contributed by atoms with van der Waals surface area (Å²) in [5.41, 5.74) is -1.83. The van der Waals surface area contributed by atoms with Crippen LogP contribution in [0.2, 0.25) is 0 Å². The van der Waals surface area contributed by atoms with E-state index in [1.807, 2.05) is 20.8 Å². The Morgan fingerprint density at radius 2 is 1.68 bits per heavy atom. The van der Waals surface area contributed by atoms with Crippen molar-refractivity contribution in [3.05, 3.63) is 0 Å². The van der Waals surface area contributed by atoms with Crippen molar-refractivity contribution in [3.8, 4) is 0 Å². The Bertz CT molecular complexity index is 441. The van der Waals surface area contributed by atoms with Crippen LogP contribution in [0.4, 0.5) is 0 Å². The maximum absolute atomic E-state index is 13.2. The van der Waals surface area contributed by atoms with Crippen molar-refractivity contribution in [3.63, 3.8) is 0 Å². The standard InChI is InChI=1S/C17H32N2O3/c1-8-12(20)9-19-13(21)17(22-16(19,6)7)10-14(2,3)18-15(4,5)11-17/h12,18,20H,8-11H2,1-7H3. The van der Waals surface area contributed by atoms with Gasteiger partial charge in [0.2, 0.25) is 0 Å². The molecule has 5 heteroatoms. The number of nitrogens with zero attached hydrogens (tertiary/aromatic N) is 1. The Kier molecular flexibility index (Phi) is 4.17. The molecule has 2 saturated heterocycles. The minimum atomic E-state index is -0.796. The van der Waals surface area contributed by atoms with Gasteiger partial charge in [-0.25, -0.2) is 0 Å². The Morgan fingerprint density at radius 3 is 2.14 bits per heavy atom. The number of amides is 1. The Morgan fingerprint density at radius 1 is 1.18 bits per heavy atom. The number of carbonyl (C=O) groups is 1. The number of ether oxygens (including phenoxy) is 1. The lowest BCUT2D eigenvalue weighted by Gasteiger charge is -2.50. The molecule has 0 aromatic carbocycles. The van der Waals surface area contributed by atoms with E-state index in [-0.39, 0.29) is 17.0 Å². The van der Waals surface area contributed by atoms with E-state index >= 15 is 0 Å². The number of β-amino-alcohol motifs (C(OH)–C–C–N with tert-alkyl or cyclic N) is 1. The maximum Gasteiger partial charge on any atom is 0.257 e. The molecular weight excluding hydrogens is 280 g/mol. The summed E-state index contributed by atoms with van der Waals surface area (Å²) in [4.78, 5) is 14.9. The number of aliphatic hydroxyl groups excluding tert-OH is 1. The van der Waals surface area contributed by atoms with Gasteiger partial charge in [0.25, 0.3) is 5.91 Å². The van der Waals surface area contributed by atoms with Crippen LogP contribution in [-0.2, 0) is 9.53 Å². The molecule has 0 aromatic rings. The van der Waals surface area contributed by atoms with Crippen molar-refractivity contribution in [1.29, 1.82) is 0 Å². The first-order valence-corrected chi connectivity index (χ1v) is 8.32. The highest BCUT2D eigenvalue weighted by molar-refractivity contribution is 5.88. The smallest absolute Gasteiger partial charge is 0.257 e. The van der Waals surface area contributed by atoms with Crippen molar-refractivity contribution < 1.29 is 14.6 Å². The molecule has 1 amide bonds. The van der Waals surface area contributed by atoms with Crippen molar-refractivity contribution in [2.75, 3.05) is 6.54 Å². The molecule has 2 N–H and O–H groups in total. The first-order chi connectivity index (χ1) is 9.83. The van der Waals surface area contributed by atoms with E-state index < -0.39 is 17.4 Å². The van der Waals surface area contributed by atoms with Gasteiger partial charge in [0, 0.05) is 30.5 Å². The van der Waals surface area contributed by atoms with Crippen molar-refractivity contribution >= 4 is 5.91 Å². The van der Waals surface area contributed by atoms with Gasteiger partial charge in [0.1, 0.15) is 5.72 Å². The summed E-state index contributed by atoms with van der Waals surface area (Å²) >= 11 is 0. The third-order valence-corrected chi connectivity index (χ3v) is 4.73. The topological polar surface area (TPSA) is 61.8 Å². The summed E-state index contributed by atoms with van der Waals surface area (Å²) in [7, 11) is 0. The quantitative estimate of drug-likeness (QED) is 0.837. The van der Waals surface area contributed by atoms with Gasteiger partial charge in [0.05, 0.1) is 6.10 Å². The zero-order chi connectivity index (χ0) is 17.0. The minimum absolute atomic E-state index is 0.0210. The molecule has 2 rings (SSSR count). The molecule has 0 aliphatic carbocycles. The summed E-state index contributed by atoms with van der Waals surface area (Å²) < 4.78 is 6.34. The molecular formula is C17H32N2O3. The second kappa shape index (κ2) is 5.18. The van der Waals surface area contributed by atoms with E-state index in [2.05, 4.69) is 33.0 Å². The van der Waals surface area contributed by atoms with E-state index in [9.17, 15) is 9.90 Å². The first-order valence-electron chi connectivity index (χ1n) is 8.32. The Balaban J connectivity index is 2.34. The fraction of sp³-hybridized carbons (Fsp3) is 0.941.